The van der Waals surface area contributed by atoms with Crippen molar-refractivity contribution < 1.29 is 18.0 Å². The van der Waals surface area contributed by atoms with E-state index >= 15 is 0 Å². The van der Waals surface area contributed by atoms with Crippen molar-refractivity contribution in [2.75, 3.05) is 20.8 Å². The minimum absolute atomic E-state index is 0.290. The van der Waals surface area contributed by atoms with E-state index in [-0.39, 0.29) is 0 Å². The Kier molecular flexibility index (Phi) is 7.24. The van der Waals surface area contributed by atoms with Crippen LogP contribution in [0.1, 0.15) is 11.3 Å². The molecular formula is C19H22NO4P. The largest absolute Gasteiger partial charge is 0.465 e. The van der Waals surface area contributed by atoms with Gasteiger partial charge in [-0.15, -0.1) is 6.42 Å². The van der Waals surface area contributed by atoms with E-state index in [1.807, 2.05) is 35.2 Å². The zero-order valence-corrected chi connectivity index (χ0v) is 15.3. The fourth-order valence-corrected chi connectivity index (χ4v) is 3.90. The Labute approximate surface area is 148 Å². The Morgan fingerprint density at radius 2 is 1.96 bits per heavy atom. The zero-order valence-electron chi connectivity index (χ0n) is 14.4. The van der Waals surface area contributed by atoms with Gasteiger partial charge in [0, 0.05) is 20.8 Å². The van der Waals surface area contributed by atoms with E-state index in [0.717, 1.165) is 5.56 Å². The lowest BCUT2D eigenvalue weighted by atomic mass is 10.2. The number of benzene rings is 1. The second kappa shape index (κ2) is 9.41. The number of terminal acetylenes is 1. The SMILES string of the molecule is C#CCN(Cc1ccccc1)C(/C=C/c1ccco1)P(=O)(OC)OC. The second-order valence-electron chi connectivity index (χ2n) is 5.29. The Balaban J connectivity index is 2.35. The number of nitrogens with zero attached hydrogens (tertiary/aromatic N) is 1. The van der Waals surface area contributed by atoms with Gasteiger partial charge in [-0.1, -0.05) is 42.3 Å². The van der Waals surface area contributed by atoms with Crippen molar-refractivity contribution in [2.24, 2.45) is 0 Å². The maximum atomic E-state index is 13.1. The Morgan fingerprint density at radius 3 is 2.52 bits per heavy atom. The van der Waals surface area contributed by atoms with Crippen LogP contribution in [0.4, 0.5) is 0 Å². The molecule has 1 aromatic heterocycles. The molecule has 1 aromatic carbocycles. The van der Waals surface area contributed by atoms with Crippen LogP contribution in [0.3, 0.4) is 0 Å². The molecule has 25 heavy (non-hydrogen) atoms. The van der Waals surface area contributed by atoms with Crippen molar-refractivity contribution in [1.29, 1.82) is 0 Å². The lowest BCUT2D eigenvalue weighted by Crippen LogP contribution is -2.34. The summed E-state index contributed by atoms with van der Waals surface area (Å²) in [6.45, 7) is 0.799. The monoisotopic (exact) mass is 359 g/mol. The average molecular weight is 359 g/mol. The minimum Gasteiger partial charge on any atom is -0.465 e. The first-order chi connectivity index (χ1) is 12.1. The highest BCUT2D eigenvalue weighted by Gasteiger charge is 2.36. The molecule has 2 rings (SSSR count). The molecule has 0 spiro atoms. The van der Waals surface area contributed by atoms with Gasteiger partial charge in [-0.3, -0.25) is 9.46 Å². The summed E-state index contributed by atoms with van der Waals surface area (Å²) in [5.41, 5.74) is 1.05. The van der Waals surface area contributed by atoms with Crippen molar-refractivity contribution in [3.05, 3.63) is 66.1 Å². The van der Waals surface area contributed by atoms with Crippen molar-refractivity contribution in [1.82, 2.24) is 4.90 Å². The van der Waals surface area contributed by atoms with Crippen LogP contribution in [0.25, 0.3) is 6.08 Å². The van der Waals surface area contributed by atoms with Crippen LogP contribution >= 0.6 is 7.60 Å². The molecule has 1 atom stereocenters. The Bertz CT molecular complexity index is 741. The smallest absolute Gasteiger partial charge is 0.351 e. The first kappa shape index (κ1) is 19.2. The predicted octanol–water partition coefficient (Wildman–Crippen LogP) is 4.24. The number of furan rings is 1. The van der Waals surface area contributed by atoms with Gasteiger partial charge in [0.05, 0.1) is 12.8 Å². The molecule has 1 unspecified atom stereocenters. The van der Waals surface area contributed by atoms with Crippen LogP contribution in [0.5, 0.6) is 0 Å². The minimum atomic E-state index is -3.43. The van der Waals surface area contributed by atoms with E-state index in [1.165, 1.54) is 14.2 Å². The first-order valence-corrected chi connectivity index (χ1v) is 9.38. The third kappa shape index (κ3) is 5.19. The molecule has 0 radical (unpaired) electrons. The Morgan fingerprint density at radius 1 is 1.24 bits per heavy atom. The lowest BCUT2D eigenvalue weighted by Gasteiger charge is -2.31. The van der Waals surface area contributed by atoms with E-state index in [0.29, 0.717) is 18.8 Å². The van der Waals surface area contributed by atoms with Crippen LogP contribution < -0.4 is 0 Å². The predicted molar refractivity (Wildman–Crippen MR) is 98.8 cm³/mol. The first-order valence-electron chi connectivity index (χ1n) is 7.77. The maximum absolute atomic E-state index is 13.1. The Hall–Kier alpha value is -2.09. The lowest BCUT2D eigenvalue weighted by molar-refractivity contribution is 0.216. The van der Waals surface area contributed by atoms with Crippen molar-refractivity contribution in [2.45, 2.75) is 12.3 Å². The second-order valence-corrected chi connectivity index (χ2v) is 7.63. The van der Waals surface area contributed by atoms with Gasteiger partial charge < -0.3 is 13.5 Å². The molecule has 2 aromatic rings. The zero-order chi connectivity index (χ0) is 18.1. The van der Waals surface area contributed by atoms with Crippen molar-refractivity contribution >= 4 is 13.7 Å². The average Bonchev–Trinajstić information content (AvgIpc) is 3.16. The summed E-state index contributed by atoms with van der Waals surface area (Å²) in [6, 6.07) is 13.4. The molecule has 0 aliphatic carbocycles. The van der Waals surface area contributed by atoms with Gasteiger partial charge >= 0.3 is 7.60 Å². The molecule has 6 heteroatoms. The van der Waals surface area contributed by atoms with Gasteiger partial charge in [0.25, 0.3) is 0 Å². The quantitative estimate of drug-likeness (QED) is 0.495. The molecule has 0 fully saturated rings. The fraction of sp³-hybridized carbons (Fsp3) is 0.263. The number of hydrogen-bond donors (Lipinski definition) is 0. The van der Waals surface area contributed by atoms with Gasteiger partial charge in [-0.05, 0) is 23.8 Å². The highest BCUT2D eigenvalue weighted by Crippen LogP contribution is 2.53. The van der Waals surface area contributed by atoms with E-state index in [2.05, 4.69) is 5.92 Å². The summed E-state index contributed by atoms with van der Waals surface area (Å²) in [5.74, 6) is 2.61. The van der Waals surface area contributed by atoms with Crippen LogP contribution in [0, 0.1) is 12.3 Å². The highest BCUT2D eigenvalue weighted by molar-refractivity contribution is 7.54. The van der Waals surface area contributed by atoms with Crippen molar-refractivity contribution in [3.63, 3.8) is 0 Å². The third-order valence-electron chi connectivity index (χ3n) is 3.71. The fourth-order valence-electron chi connectivity index (χ4n) is 2.46. The molecular weight excluding hydrogens is 337 g/mol. The van der Waals surface area contributed by atoms with Gasteiger partial charge in [-0.2, -0.15) is 0 Å². The van der Waals surface area contributed by atoms with E-state index < -0.39 is 13.4 Å². The van der Waals surface area contributed by atoms with E-state index in [9.17, 15) is 4.57 Å². The highest BCUT2D eigenvalue weighted by atomic mass is 31.2. The van der Waals surface area contributed by atoms with Crippen molar-refractivity contribution in [3.8, 4) is 12.3 Å². The summed E-state index contributed by atoms with van der Waals surface area (Å²) in [7, 11) is -0.691. The van der Waals surface area contributed by atoms with Gasteiger partial charge in [0.15, 0.2) is 0 Å². The number of hydrogen-bond acceptors (Lipinski definition) is 5. The molecule has 132 valence electrons. The maximum Gasteiger partial charge on any atom is 0.351 e. The molecule has 0 amide bonds. The van der Waals surface area contributed by atoms with Gasteiger partial charge in [-0.25, -0.2) is 0 Å². The van der Waals surface area contributed by atoms with Crippen LogP contribution in [-0.4, -0.2) is 31.4 Å². The van der Waals surface area contributed by atoms with E-state index in [4.69, 9.17) is 19.9 Å². The molecule has 5 nitrogen and oxygen atoms in total. The summed E-state index contributed by atoms with van der Waals surface area (Å²) in [5, 5.41) is 0. The van der Waals surface area contributed by atoms with Gasteiger partial charge in [0.1, 0.15) is 11.5 Å². The van der Waals surface area contributed by atoms with Crippen LogP contribution in [0.2, 0.25) is 0 Å². The number of rotatable bonds is 9. The van der Waals surface area contributed by atoms with Gasteiger partial charge in [0.2, 0.25) is 0 Å². The normalized spacial score (nSPS) is 13.2. The van der Waals surface area contributed by atoms with E-state index in [1.54, 1.807) is 30.5 Å². The summed E-state index contributed by atoms with van der Waals surface area (Å²) < 4.78 is 28.8. The molecule has 0 aliphatic heterocycles. The summed E-state index contributed by atoms with van der Waals surface area (Å²) >= 11 is 0. The molecule has 0 bridgehead atoms. The summed E-state index contributed by atoms with van der Waals surface area (Å²) in [4.78, 5) is 1.88. The standard InChI is InChI=1S/C19H22NO4P/c1-4-14-20(16-17-9-6-5-7-10-17)19(25(21,22-2)23-3)13-12-18-11-8-15-24-18/h1,5-13,15,19H,14,16H2,2-3H3/b13-12+. The molecule has 0 saturated carbocycles. The molecule has 0 saturated heterocycles. The summed E-state index contributed by atoms with van der Waals surface area (Å²) in [6.07, 6.45) is 10.6. The van der Waals surface area contributed by atoms with Crippen LogP contribution in [-0.2, 0) is 20.2 Å². The topological polar surface area (TPSA) is 51.9 Å². The molecule has 0 aliphatic rings. The molecule has 1 heterocycles. The van der Waals surface area contributed by atoms with Crippen LogP contribution in [0.15, 0.2) is 59.2 Å². The third-order valence-corrected chi connectivity index (χ3v) is 5.87. The molecule has 0 N–H and O–H groups in total.